The Labute approximate surface area is 183 Å². The maximum atomic E-state index is 12.9. The van der Waals surface area contributed by atoms with E-state index in [0.717, 1.165) is 63.3 Å². The molecule has 2 atom stereocenters. The van der Waals surface area contributed by atoms with Gasteiger partial charge in [0, 0.05) is 58.3 Å². The van der Waals surface area contributed by atoms with Gasteiger partial charge in [-0.3, -0.25) is 14.6 Å². The van der Waals surface area contributed by atoms with Crippen molar-refractivity contribution in [2.24, 2.45) is 0 Å². The average Bonchev–Trinajstić information content (AvgIpc) is 2.72. The molecule has 8 heteroatoms. The number of carbonyl (C=O) groups excluding carboxylic acids is 1. The second-order valence-corrected chi connectivity index (χ2v) is 9.13. The standard InChI is InChI=1S/C23H34F3N3O2/c1-17-15-28(22(3)9-11-27(12-10-22)18(2)30)13-14-29(17)21(16-31-4)19-5-7-20(8-6-19)23(24,25)26/h5-8,17,21H,9-16H2,1-4H3/t17-,21-/m0/s1. The zero-order valence-corrected chi connectivity index (χ0v) is 18.9. The smallest absolute Gasteiger partial charge is 0.383 e. The molecule has 5 nitrogen and oxygen atoms in total. The zero-order chi connectivity index (χ0) is 22.8. The summed E-state index contributed by atoms with van der Waals surface area (Å²) < 4.78 is 44.3. The van der Waals surface area contributed by atoms with Gasteiger partial charge in [-0.1, -0.05) is 12.1 Å². The van der Waals surface area contributed by atoms with Crippen molar-refractivity contribution in [3.8, 4) is 0 Å². The lowest BCUT2D eigenvalue weighted by molar-refractivity contribution is -0.137. The van der Waals surface area contributed by atoms with Crippen LogP contribution >= 0.6 is 0 Å². The minimum atomic E-state index is -4.33. The molecule has 0 spiro atoms. The van der Waals surface area contributed by atoms with Gasteiger partial charge in [-0.2, -0.15) is 13.2 Å². The zero-order valence-electron chi connectivity index (χ0n) is 18.9. The molecule has 31 heavy (non-hydrogen) atoms. The third kappa shape index (κ3) is 5.41. The third-order valence-electron chi connectivity index (χ3n) is 7.08. The molecule has 0 aliphatic carbocycles. The molecule has 0 aromatic heterocycles. The van der Waals surface area contributed by atoms with Crippen LogP contribution < -0.4 is 0 Å². The highest BCUT2D eigenvalue weighted by Crippen LogP contribution is 2.35. The normalized spacial score (nSPS) is 24.2. The molecule has 1 aromatic carbocycles. The van der Waals surface area contributed by atoms with E-state index in [1.54, 1.807) is 26.2 Å². The highest BCUT2D eigenvalue weighted by molar-refractivity contribution is 5.73. The van der Waals surface area contributed by atoms with Gasteiger partial charge < -0.3 is 9.64 Å². The van der Waals surface area contributed by atoms with E-state index in [1.807, 2.05) is 4.90 Å². The number of amides is 1. The van der Waals surface area contributed by atoms with Crippen LogP contribution in [0.5, 0.6) is 0 Å². The molecule has 2 saturated heterocycles. The largest absolute Gasteiger partial charge is 0.416 e. The number of piperidine rings is 1. The van der Waals surface area contributed by atoms with Gasteiger partial charge in [-0.25, -0.2) is 0 Å². The summed E-state index contributed by atoms with van der Waals surface area (Å²) in [6, 6.07) is 5.61. The van der Waals surface area contributed by atoms with Gasteiger partial charge in [0.15, 0.2) is 0 Å². The van der Waals surface area contributed by atoms with Crippen LogP contribution in [0.4, 0.5) is 13.2 Å². The summed E-state index contributed by atoms with van der Waals surface area (Å²) in [6.07, 6.45) is -2.42. The van der Waals surface area contributed by atoms with Crippen LogP contribution in [0.2, 0.25) is 0 Å². The van der Waals surface area contributed by atoms with Gasteiger partial charge in [0.25, 0.3) is 0 Å². The number of hydrogen-bond acceptors (Lipinski definition) is 4. The first-order valence-electron chi connectivity index (χ1n) is 11.0. The lowest BCUT2D eigenvalue weighted by Crippen LogP contribution is -2.62. The predicted octanol–water partition coefficient (Wildman–Crippen LogP) is 3.80. The second-order valence-electron chi connectivity index (χ2n) is 9.13. The maximum Gasteiger partial charge on any atom is 0.416 e. The summed E-state index contributed by atoms with van der Waals surface area (Å²) in [6.45, 7) is 10.7. The van der Waals surface area contributed by atoms with Crippen LogP contribution in [0.1, 0.15) is 50.8 Å². The number of ether oxygens (including phenoxy) is 1. The van der Waals surface area contributed by atoms with Crippen molar-refractivity contribution < 1.29 is 22.7 Å². The molecule has 0 saturated carbocycles. The van der Waals surface area contributed by atoms with Crippen LogP contribution in [-0.4, -0.2) is 78.6 Å². The van der Waals surface area contributed by atoms with E-state index in [-0.39, 0.29) is 23.5 Å². The number of rotatable bonds is 5. The van der Waals surface area contributed by atoms with E-state index in [0.29, 0.717) is 6.61 Å². The van der Waals surface area contributed by atoms with Crippen molar-refractivity contribution in [2.45, 2.75) is 57.4 Å². The predicted molar refractivity (Wildman–Crippen MR) is 114 cm³/mol. The fourth-order valence-electron chi connectivity index (χ4n) is 4.98. The molecule has 2 fully saturated rings. The molecule has 2 aliphatic rings. The van der Waals surface area contributed by atoms with Crippen molar-refractivity contribution in [3.05, 3.63) is 35.4 Å². The Morgan fingerprint density at radius 3 is 2.26 bits per heavy atom. The Hall–Kier alpha value is -1.64. The molecule has 0 radical (unpaired) electrons. The highest BCUT2D eigenvalue weighted by atomic mass is 19.4. The topological polar surface area (TPSA) is 36.0 Å². The van der Waals surface area contributed by atoms with E-state index in [4.69, 9.17) is 4.74 Å². The molecule has 2 heterocycles. The van der Waals surface area contributed by atoms with E-state index in [1.165, 1.54) is 0 Å². The Morgan fingerprint density at radius 1 is 1.16 bits per heavy atom. The maximum absolute atomic E-state index is 12.9. The van der Waals surface area contributed by atoms with Crippen LogP contribution in [0.3, 0.4) is 0 Å². The molecule has 1 amide bonds. The number of halogens is 3. The number of benzene rings is 1. The molecular weight excluding hydrogens is 407 g/mol. The minimum Gasteiger partial charge on any atom is -0.383 e. The Kier molecular flexibility index (Phi) is 7.33. The van der Waals surface area contributed by atoms with E-state index in [9.17, 15) is 18.0 Å². The van der Waals surface area contributed by atoms with Crippen LogP contribution in [0.25, 0.3) is 0 Å². The van der Waals surface area contributed by atoms with Gasteiger partial charge in [0.05, 0.1) is 18.2 Å². The summed E-state index contributed by atoms with van der Waals surface area (Å²) in [5.41, 5.74) is 0.281. The minimum absolute atomic E-state index is 0.0669. The van der Waals surface area contributed by atoms with Gasteiger partial charge >= 0.3 is 6.18 Å². The van der Waals surface area contributed by atoms with Gasteiger partial charge in [-0.15, -0.1) is 0 Å². The van der Waals surface area contributed by atoms with Crippen molar-refractivity contribution in [1.29, 1.82) is 0 Å². The Bertz CT molecular complexity index is 745. The third-order valence-corrected chi connectivity index (χ3v) is 7.08. The first-order chi connectivity index (χ1) is 14.5. The number of carbonyl (C=O) groups is 1. The SMILES string of the molecule is COC[C@@H](c1ccc(C(F)(F)F)cc1)N1CCN(C2(C)CCN(C(C)=O)CC2)C[C@@H]1C. The highest BCUT2D eigenvalue weighted by Gasteiger charge is 2.41. The number of hydrogen-bond donors (Lipinski definition) is 0. The summed E-state index contributed by atoms with van der Waals surface area (Å²) in [4.78, 5) is 18.5. The summed E-state index contributed by atoms with van der Waals surface area (Å²) in [5.74, 6) is 0.138. The van der Waals surface area contributed by atoms with Crippen LogP contribution in [-0.2, 0) is 15.7 Å². The van der Waals surface area contributed by atoms with Crippen molar-refractivity contribution >= 4 is 5.91 Å². The summed E-state index contributed by atoms with van der Waals surface area (Å²) in [5, 5.41) is 0. The monoisotopic (exact) mass is 441 g/mol. The fraction of sp³-hybridized carbons (Fsp3) is 0.696. The molecule has 1 aromatic rings. The molecular formula is C23H34F3N3O2. The number of nitrogens with zero attached hydrogens (tertiary/aromatic N) is 3. The molecule has 174 valence electrons. The quantitative estimate of drug-likeness (QED) is 0.697. The first-order valence-corrected chi connectivity index (χ1v) is 11.0. The summed E-state index contributed by atoms with van der Waals surface area (Å²) in [7, 11) is 1.63. The Balaban J connectivity index is 1.68. The molecule has 2 aliphatic heterocycles. The molecule has 0 bridgehead atoms. The fourth-order valence-corrected chi connectivity index (χ4v) is 4.98. The van der Waals surface area contributed by atoms with Crippen LogP contribution in [0, 0.1) is 0 Å². The van der Waals surface area contributed by atoms with Crippen molar-refractivity contribution in [3.63, 3.8) is 0 Å². The number of alkyl halides is 3. The Morgan fingerprint density at radius 2 is 1.77 bits per heavy atom. The molecule has 3 rings (SSSR count). The van der Waals surface area contributed by atoms with Crippen molar-refractivity contribution in [2.75, 3.05) is 46.4 Å². The lowest BCUT2D eigenvalue weighted by atomic mass is 9.86. The molecule has 0 unspecified atom stereocenters. The lowest BCUT2D eigenvalue weighted by Gasteiger charge is -2.52. The average molecular weight is 442 g/mol. The van der Waals surface area contributed by atoms with E-state index < -0.39 is 11.7 Å². The van der Waals surface area contributed by atoms with Crippen molar-refractivity contribution in [1.82, 2.24) is 14.7 Å². The molecule has 0 N–H and O–H groups in total. The van der Waals surface area contributed by atoms with Gasteiger partial charge in [0.1, 0.15) is 0 Å². The van der Waals surface area contributed by atoms with E-state index in [2.05, 4.69) is 23.6 Å². The second kappa shape index (κ2) is 9.46. The number of methoxy groups -OCH3 is 1. The van der Waals surface area contributed by atoms with Crippen LogP contribution in [0.15, 0.2) is 24.3 Å². The van der Waals surface area contributed by atoms with Gasteiger partial charge in [0.2, 0.25) is 5.91 Å². The number of piperazine rings is 1. The van der Waals surface area contributed by atoms with E-state index >= 15 is 0 Å². The summed E-state index contributed by atoms with van der Waals surface area (Å²) >= 11 is 0. The van der Waals surface area contributed by atoms with Gasteiger partial charge in [-0.05, 0) is 44.4 Å². The first kappa shape index (κ1) is 24.0. The number of likely N-dealkylation sites (tertiary alicyclic amines) is 1.